The second kappa shape index (κ2) is 4.18. The lowest BCUT2D eigenvalue weighted by atomic mass is 10.2. The van der Waals surface area contributed by atoms with Crippen LogP contribution in [0.3, 0.4) is 0 Å². The molecule has 0 radical (unpaired) electrons. The van der Waals surface area contributed by atoms with Crippen molar-refractivity contribution in [1.82, 2.24) is 5.16 Å². The Morgan fingerprint density at radius 1 is 1.62 bits per heavy atom. The Balaban J connectivity index is 2.40. The fourth-order valence-corrected chi connectivity index (χ4v) is 1.33. The first-order valence-electron chi connectivity index (χ1n) is 4.89. The summed E-state index contributed by atoms with van der Waals surface area (Å²) in [5, 5.41) is 14.6. The fourth-order valence-electron chi connectivity index (χ4n) is 1.33. The summed E-state index contributed by atoms with van der Waals surface area (Å²) >= 11 is 0. The molecule has 0 atom stereocenters. The van der Waals surface area contributed by atoms with E-state index in [9.17, 15) is 10.0 Å². The summed E-state index contributed by atoms with van der Waals surface area (Å²) in [4.78, 5) is 11.9. The number of benzene rings is 1. The van der Waals surface area contributed by atoms with Gasteiger partial charge in [0.05, 0.1) is 6.61 Å². The number of carbonyl (C=O) groups excluding carboxylic acids is 1. The first kappa shape index (κ1) is 10.4. The first-order valence-corrected chi connectivity index (χ1v) is 4.89. The van der Waals surface area contributed by atoms with Gasteiger partial charge in [-0.05, 0) is 23.5 Å². The van der Waals surface area contributed by atoms with Crippen molar-refractivity contribution in [3.63, 3.8) is 0 Å². The fraction of sp³-hybridized carbons (Fsp3) is 0.300. The lowest BCUT2D eigenvalue weighted by Gasteiger charge is -2.00. The summed E-state index contributed by atoms with van der Waals surface area (Å²) in [5.74, 6) is -0.499. The van der Waals surface area contributed by atoms with Crippen molar-refractivity contribution in [3.05, 3.63) is 29.0 Å². The number of nitrogens with zero attached hydrogens (tertiary/aromatic N) is 2. The van der Waals surface area contributed by atoms with Gasteiger partial charge in [-0.25, -0.2) is 4.79 Å². The van der Waals surface area contributed by atoms with Gasteiger partial charge in [0.2, 0.25) is 5.52 Å². The van der Waals surface area contributed by atoms with E-state index >= 15 is 0 Å². The van der Waals surface area contributed by atoms with E-state index in [1.165, 1.54) is 6.07 Å². The zero-order chi connectivity index (χ0) is 11.5. The highest BCUT2D eigenvalue weighted by atomic mass is 16.8. The Morgan fingerprint density at radius 2 is 2.44 bits per heavy atom. The van der Waals surface area contributed by atoms with Crippen molar-refractivity contribution in [2.24, 2.45) is 0 Å². The molecule has 0 amide bonds. The number of aromatic nitrogens is 2. The van der Waals surface area contributed by atoms with Crippen LogP contribution in [0.2, 0.25) is 0 Å². The number of hydrogen-bond donors (Lipinski definition) is 0. The molecule has 84 valence electrons. The summed E-state index contributed by atoms with van der Waals surface area (Å²) in [5.41, 5.74) is 0.675. The van der Waals surface area contributed by atoms with E-state index in [0.717, 1.165) is 6.42 Å². The van der Waals surface area contributed by atoms with Gasteiger partial charge in [0.1, 0.15) is 5.56 Å². The molecular formula is C10H10N2O4. The Kier molecular flexibility index (Phi) is 2.72. The number of ether oxygens (including phenoxy) is 1. The van der Waals surface area contributed by atoms with Crippen LogP contribution in [0.25, 0.3) is 11.0 Å². The van der Waals surface area contributed by atoms with Crippen LogP contribution in [0.5, 0.6) is 0 Å². The molecule has 0 spiro atoms. The summed E-state index contributed by atoms with van der Waals surface area (Å²) in [6.45, 7) is 2.24. The molecule has 6 heteroatoms. The Morgan fingerprint density at radius 3 is 3.19 bits per heavy atom. The molecule has 6 nitrogen and oxygen atoms in total. The highest BCUT2D eigenvalue weighted by Crippen LogP contribution is 2.14. The van der Waals surface area contributed by atoms with Gasteiger partial charge in [0, 0.05) is 5.16 Å². The molecular weight excluding hydrogens is 212 g/mol. The quantitative estimate of drug-likeness (QED) is 0.572. The molecule has 0 aliphatic rings. The predicted octanol–water partition coefficient (Wildman–Crippen LogP) is 1.03. The minimum absolute atomic E-state index is 0.214. The molecule has 0 N–H and O–H groups in total. The minimum atomic E-state index is -0.499. The maximum Gasteiger partial charge on any atom is 0.342 e. The van der Waals surface area contributed by atoms with Crippen LogP contribution in [0.1, 0.15) is 23.7 Å². The highest BCUT2D eigenvalue weighted by molar-refractivity contribution is 6.00. The normalized spacial score (nSPS) is 10.6. The van der Waals surface area contributed by atoms with Gasteiger partial charge in [-0.15, -0.1) is 0 Å². The second-order valence-electron chi connectivity index (χ2n) is 3.24. The topological polar surface area (TPSA) is 79.3 Å². The molecule has 2 aromatic rings. The maximum absolute atomic E-state index is 11.6. The van der Waals surface area contributed by atoms with Crippen LogP contribution in [0, 0.1) is 5.21 Å². The summed E-state index contributed by atoms with van der Waals surface area (Å²) in [6, 6.07) is 4.65. The molecule has 1 aromatic carbocycles. The van der Waals surface area contributed by atoms with Gasteiger partial charge >= 0.3 is 5.97 Å². The zero-order valence-electron chi connectivity index (χ0n) is 8.67. The van der Waals surface area contributed by atoms with Gasteiger partial charge in [0.15, 0.2) is 0 Å². The van der Waals surface area contributed by atoms with Crippen molar-refractivity contribution in [2.75, 3.05) is 6.61 Å². The van der Waals surface area contributed by atoms with Crippen LogP contribution in [-0.2, 0) is 4.74 Å². The maximum atomic E-state index is 11.6. The van der Waals surface area contributed by atoms with Crippen LogP contribution >= 0.6 is 0 Å². The van der Waals surface area contributed by atoms with Crippen molar-refractivity contribution in [1.29, 1.82) is 0 Å². The standard InChI is InChI=1S/C10H10N2O4/c1-2-6-15-10(13)7-4-3-5-8-9(7)11-16-12(8)14/h3-5H,2,6H2,1H3. The second-order valence-corrected chi connectivity index (χ2v) is 3.24. The Labute approximate surface area is 90.9 Å². The molecule has 0 saturated heterocycles. The summed E-state index contributed by atoms with van der Waals surface area (Å²) < 4.78 is 9.38. The van der Waals surface area contributed by atoms with E-state index in [2.05, 4.69) is 9.79 Å². The molecule has 1 aromatic heterocycles. The number of esters is 1. The van der Waals surface area contributed by atoms with Gasteiger partial charge < -0.3 is 9.94 Å². The number of hydrogen-bond acceptors (Lipinski definition) is 5. The molecule has 2 rings (SSSR count). The first-order chi connectivity index (χ1) is 7.74. The average molecular weight is 222 g/mol. The summed E-state index contributed by atoms with van der Waals surface area (Å²) in [6.07, 6.45) is 0.738. The SMILES string of the molecule is CCCOC(=O)c1cccc2c1no[n+]2[O-]. The molecule has 0 bridgehead atoms. The minimum Gasteiger partial charge on any atom is -0.462 e. The summed E-state index contributed by atoms with van der Waals surface area (Å²) in [7, 11) is 0. The number of rotatable bonds is 3. The zero-order valence-corrected chi connectivity index (χ0v) is 8.67. The highest BCUT2D eigenvalue weighted by Gasteiger charge is 2.19. The number of carbonyl (C=O) groups is 1. The van der Waals surface area contributed by atoms with E-state index in [-0.39, 0.29) is 21.5 Å². The lowest BCUT2D eigenvalue weighted by molar-refractivity contribution is -0.782. The largest absolute Gasteiger partial charge is 0.462 e. The van der Waals surface area contributed by atoms with Crippen LogP contribution in [-0.4, -0.2) is 17.7 Å². The predicted molar refractivity (Wildman–Crippen MR) is 53.5 cm³/mol. The van der Waals surface area contributed by atoms with E-state index in [4.69, 9.17) is 4.74 Å². The number of fused-ring (bicyclic) bond motifs is 1. The van der Waals surface area contributed by atoms with E-state index < -0.39 is 5.97 Å². The van der Waals surface area contributed by atoms with Gasteiger partial charge in [-0.3, -0.25) is 4.63 Å². The Hall–Kier alpha value is -2.11. The monoisotopic (exact) mass is 222 g/mol. The molecule has 0 aliphatic carbocycles. The van der Waals surface area contributed by atoms with Crippen molar-refractivity contribution in [3.8, 4) is 0 Å². The third-order valence-corrected chi connectivity index (χ3v) is 2.07. The molecule has 1 heterocycles. The Bertz CT molecular complexity index is 521. The van der Waals surface area contributed by atoms with Crippen LogP contribution in [0.4, 0.5) is 0 Å². The van der Waals surface area contributed by atoms with E-state index in [1.54, 1.807) is 12.1 Å². The third-order valence-electron chi connectivity index (χ3n) is 2.07. The van der Waals surface area contributed by atoms with Gasteiger partial charge in [-0.1, -0.05) is 13.0 Å². The van der Waals surface area contributed by atoms with Crippen LogP contribution in [0.15, 0.2) is 22.8 Å². The molecule has 0 unspecified atom stereocenters. The third kappa shape index (κ3) is 1.69. The van der Waals surface area contributed by atoms with Gasteiger partial charge in [-0.2, -0.15) is 0 Å². The van der Waals surface area contributed by atoms with Crippen LogP contribution < -0.4 is 4.90 Å². The molecule has 0 fully saturated rings. The molecule has 0 saturated carbocycles. The van der Waals surface area contributed by atoms with Crippen molar-refractivity contribution in [2.45, 2.75) is 13.3 Å². The van der Waals surface area contributed by atoms with Crippen molar-refractivity contribution < 1.29 is 19.1 Å². The van der Waals surface area contributed by atoms with E-state index in [0.29, 0.717) is 6.61 Å². The van der Waals surface area contributed by atoms with Gasteiger partial charge in [0.25, 0.3) is 5.52 Å². The van der Waals surface area contributed by atoms with Crippen molar-refractivity contribution >= 4 is 17.0 Å². The lowest BCUT2D eigenvalue weighted by Crippen LogP contribution is -2.22. The van der Waals surface area contributed by atoms with E-state index in [1.807, 2.05) is 6.92 Å². The smallest absolute Gasteiger partial charge is 0.342 e. The average Bonchev–Trinajstić information content (AvgIpc) is 2.68. The molecule has 0 aliphatic heterocycles. The molecule has 16 heavy (non-hydrogen) atoms.